The topological polar surface area (TPSA) is 52.8 Å². The summed E-state index contributed by atoms with van der Waals surface area (Å²) in [6, 6.07) is 0. The molecule has 0 spiro atoms. The van der Waals surface area contributed by atoms with Crippen LogP contribution in [0.3, 0.4) is 0 Å². The SMILES string of the molecule is CC(C)(O)CCC=NO. The fourth-order valence-electron chi connectivity index (χ4n) is 0.476. The molecule has 0 unspecified atom stereocenters. The molecule has 0 aromatic carbocycles. The summed E-state index contributed by atoms with van der Waals surface area (Å²) in [7, 11) is 0. The van der Waals surface area contributed by atoms with Crippen LogP contribution in [0.2, 0.25) is 0 Å². The fraction of sp³-hybridized carbons (Fsp3) is 0.833. The standard InChI is InChI=1S/C6H13NO2/c1-6(2,8)4-3-5-7-9/h5,8-9H,3-4H2,1-2H3. The summed E-state index contributed by atoms with van der Waals surface area (Å²) in [6.07, 6.45) is 2.61. The lowest BCUT2D eigenvalue weighted by atomic mass is 10.0. The van der Waals surface area contributed by atoms with E-state index in [1.165, 1.54) is 6.21 Å². The maximum atomic E-state index is 9.10. The molecule has 0 rings (SSSR count). The minimum atomic E-state index is -0.652. The lowest BCUT2D eigenvalue weighted by molar-refractivity contribution is 0.0734. The fourth-order valence-corrected chi connectivity index (χ4v) is 0.476. The van der Waals surface area contributed by atoms with E-state index in [2.05, 4.69) is 5.16 Å². The zero-order valence-corrected chi connectivity index (χ0v) is 5.83. The summed E-state index contributed by atoms with van der Waals surface area (Å²) < 4.78 is 0. The quantitative estimate of drug-likeness (QED) is 0.341. The van der Waals surface area contributed by atoms with Gasteiger partial charge in [0.2, 0.25) is 0 Å². The monoisotopic (exact) mass is 131 g/mol. The van der Waals surface area contributed by atoms with E-state index in [-0.39, 0.29) is 0 Å². The van der Waals surface area contributed by atoms with Crippen LogP contribution >= 0.6 is 0 Å². The van der Waals surface area contributed by atoms with E-state index >= 15 is 0 Å². The van der Waals surface area contributed by atoms with E-state index in [1.807, 2.05) is 0 Å². The van der Waals surface area contributed by atoms with E-state index in [0.717, 1.165) is 0 Å². The van der Waals surface area contributed by atoms with Crippen molar-refractivity contribution in [3.05, 3.63) is 0 Å². The van der Waals surface area contributed by atoms with E-state index in [9.17, 15) is 0 Å². The first kappa shape index (κ1) is 8.43. The summed E-state index contributed by atoms with van der Waals surface area (Å²) in [4.78, 5) is 0. The molecule has 0 radical (unpaired) electrons. The molecule has 0 atom stereocenters. The Labute approximate surface area is 55.0 Å². The Morgan fingerprint density at radius 3 is 2.44 bits per heavy atom. The molecule has 2 N–H and O–H groups in total. The van der Waals surface area contributed by atoms with Gasteiger partial charge in [0.05, 0.1) is 5.60 Å². The predicted octanol–water partition coefficient (Wildman–Crippen LogP) is 0.998. The van der Waals surface area contributed by atoms with Crippen molar-refractivity contribution >= 4 is 6.21 Å². The third kappa shape index (κ3) is 7.43. The van der Waals surface area contributed by atoms with Crippen LogP contribution in [-0.4, -0.2) is 22.1 Å². The van der Waals surface area contributed by atoms with Crippen molar-refractivity contribution in [2.24, 2.45) is 5.16 Å². The number of nitrogens with zero attached hydrogens (tertiary/aromatic N) is 1. The molecule has 0 aliphatic rings. The molecule has 0 aromatic rings. The lowest BCUT2D eigenvalue weighted by Crippen LogP contribution is -2.17. The van der Waals surface area contributed by atoms with Crippen molar-refractivity contribution < 1.29 is 10.3 Å². The van der Waals surface area contributed by atoms with Gasteiger partial charge in [-0.3, -0.25) is 0 Å². The highest BCUT2D eigenvalue weighted by atomic mass is 16.4. The van der Waals surface area contributed by atoms with Crippen molar-refractivity contribution in [2.45, 2.75) is 32.3 Å². The van der Waals surface area contributed by atoms with Crippen LogP contribution in [0.15, 0.2) is 5.16 Å². The molecule has 0 aliphatic heterocycles. The number of hydrogen-bond acceptors (Lipinski definition) is 3. The highest BCUT2D eigenvalue weighted by molar-refractivity contribution is 5.56. The second kappa shape index (κ2) is 3.45. The molecule has 0 aliphatic carbocycles. The number of hydrogen-bond donors (Lipinski definition) is 2. The van der Waals surface area contributed by atoms with Gasteiger partial charge in [0.15, 0.2) is 0 Å². The van der Waals surface area contributed by atoms with E-state index in [1.54, 1.807) is 13.8 Å². The summed E-state index contributed by atoms with van der Waals surface area (Å²) in [5, 5.41) is 19.9. The first-order valence-corrected chi connectivity index (χ1v) is 2.94. The molecule has 0 heterocycles. The summed E-state index contributed by atoms with van der Waals surface area (Å²) in [6.45, 7) is 3.44. The van der Waals surface area contributed by atoms with Gasteiger partial charge in [-0.25, -0.2) is 0 Å². The average molecular weight is 131 g/mol. The highest BCUT2D eigenvalue weighted by Gasteiger charge is 2.09. The Morgan fingerprint density at radius 1 is 1.56 bits per heavy atom. The molecule has 0 saturated heterocycles. The van der Waals surface area contributed by atoms with Gasteiger partial charge in [-0.2, -0.15) is 0 Å². The van der Waals surface area contributed by atoms with E-state index in [0.29, 0.717) is 12.8 Å². The second-order valence-corrected chi connectivity index (χ2v) is 2.65. The zero-order valence-electron chi connectivity index (χ0n) is 5.83. The van der Waals surface area contributed by atoms with Gasteiger partial charge in [-0.05, 0) is 26.7 Å². The molecule has 3 heteroatoms. The third-order valence-electron chi connectivity index (χ3n) is 0.967. The van der Waals surface area contributed by atoms with Gasteiger partial charge in [-0.15, -0.1) is 5.16 Å². The lowest BCUT2D eigenvalue weighted by Gasteiger charge is -2.14. The summed E-state index contributed by atoms with van der Waals surface area (Å²) in [5.41, 5.74) is -0.652. The van der Waals surface area contributed by atoms with Gasteiger partial charge in [0.25, 0.3) is 0 Å². The van der Waals surface area contributed by atoms with Crippen LogP contribution < -0.4 is 0 Å². The Morgan fingerprint density at radius 2 is 2.11 bits per heavy atom. The van der Waals surface area contributed by atoms with Gasteiger partial charge >= 0.3 is 0 Å². The zero-order chi connectivity index (χ0) is 7.33. The van der Waals surface area contributed by atoms with E-state index in [4.69, 9.17) is 10.3 Å². The second-order valence-electron chi connectivity index (χ2n) is 2.65. The van der Waals surface area contributed by atoms with Crippen molar-refractivity contribution in [3.63, 3.8) is 0 Å². The first-order chi connectivity index (χ1) is 4.06. The van der Waals surface area contributed by atoms with Crippen LogP contribution in [0.4, 0.5) is 0 Å². The molecule has 54 valence electrons. The average Bonchev–Trinajstić information content (AvgIpc) is 1.63. The third-order valence-corrected chi connectivity index (χ3v) is 0.967. The number of rotatable bonds is 3. The Bertz CT molecular complexity index is 93.7. The van der Waals surface area contributed by atoms with Crippen LogP contribution in [0.1, 0.15) is 26.7 Å². The molecule has 3 nitrogen and oxygen atoms in total. The van der Waals surface area contributed by atoms with Crippen LogP contribution in [-0.2, 0) is 0 Å². The van der Waals surface area contributed by atoms with Crippen molar-refractivity contribution in [1.29, 1.82) is 0 Å². The molecule has 0 fully saturated rings. The number of oxime groups is 1. The van der Waals surface area contributed by atoms with Crippen molar-refractivity contribution in [1.82, 2.24) is 0 Å². The largest absolute Gasteiger partial charge is 0.411 e. The van der Waals surface area contributed by atoms with E-state index < -0.39 is 5.60 Å². The Hall–Kier alpha value is -0.570. The van der Waals surface area contributed by atoms with Crippen molar-refractivity contribution in [2.75, 3.05) is 0 Å². The maximum Gasteiger partial charge on any atom is 0.0595 e. The maximum absolute atomic E-state index is 9.10. The van der Waals surface area contributed by atoms with Gasteiger partial charge in [0, 0.05) is 6.21 Å². The van der Waals surface area contributed by atoms with Crippen LogP contribution in [0.5, 0.6) is 0 Å². The Balaban J connectivity index is 3.28. The van der Waals surface area contributed by atoms with Crippen molar-refractivity contribution in [3.8, 4) is 0 Å². The van der Waals surface area contributed by atoms with Gasteiger partial charge in [0.1, 0.15) is 0 Å². The molecule has 0 bridgehead atoms. The Kier molecular flexibility index (Phi) is 3.24. The first-order valence-electron chi connectivity index (χ1n) is 2.94. The smallest absolute Gasteiger partial charge is 0.0595 e. The van der Waals surface area contributed by atoms with Gasteiger partial charge in [-0.1, -0.05) is 0 Å². The molecule has 0 saturated carbocycles. The van der Waals surface area contributed by atoms with Crippen LogP contribution in [0, 0.1) is 0 Å². The summed E-state index contributed by atoms with van der Waals surface area (Å²) in [5.74, 6) is 0. The number of aliphatic hydroxyl groups is 1. The highest BCUT2D eigenvalue weighted by Crippen LogP contribution is 2.07. The molecular weight excluding hydrogens is 118 g/mol. The normalized spacial score (nSPS) is 12.8. The molecule has 0 aromatic heterocycles. The predicted molar refractivity (Wildman–Crippen MR) is 35.8 cm³/mol. The van der Waals surface area contributed by atoms with Crippen LogP contribution in [0.25, 0.3) is 0 Å². The molecule has 0 amide bonds. The minimum Gasteiger partial charge on any atom is -0.411 e. The minimum absolute atomic E-state index is 0.611. The molecule has 9 heavy (non-hydrogen) atoms. The summed E-state index contributed by atoms with van der Waals surface area (Å²) >= 11 is 0. The molecular formula is C6H13NO2. The van der Waals surface area contributed by atoms with Gasteiger partial charge < -0.3 is 10.3 Å².